The van der Waals surface area contributed by atoms with Gasteiger partial charge in [0.15, 0.2) is 4.34 Å². The third-order valence-corrected chi connectivity index (χ3v) is 5.20. The molecule has 0 spiro atoms. The van der Waals surface area contributed by atoms with Gasteiger partial charge >= 0.3 is 0 Å². The van der Waals surface area contributed by atoms with E-state index >= 15 is 0 Å². The number of ether oxygens (including phenoxy) is 1. The molecule has 1 aliphatic heterocycles. The van der Waals surface area contributed by atoms with Crippen LogP contribution in [0.15, 0.2) is 4.34 Å². The average Bonchev–Trinajstić information content (AvgIpc) is 2.90. The smallest absolute Gasteiger partial charge is 0.230 e. The van der Waals surface area contributed by atoms with E-state index in [4.69, 9.17) is 4.74 Å². The van der Waals surface area contributed by atoms with E-state index in [1.165, 1.54) is 23.1 Å². The van der Waals surface area contributed by atoms with Gasteiger partial charge in [-0.15, -0.1) is 10.2 Å². The van der Waals surface area contributed by atoms with Gasteiger partial charge in [0.05, 0.1) is 19.0 Å². The summed E-state index contributed by atoms with van der Waals surface area (Å²) in [5, 5.41) is 11.9. The number of carbonyl (C=O) groups excluding carboxylic acids is 1. The predicted octanol–water partition coefficient (Wildman–Crippen LogP) is 1.17. The van der Waals surface area contributed by atoms with Crippen LogP contribution in [0.2, 0.25) is 0 Å². The lowest BCUT2D eigenvalue weighted by atomic mass is 10.2. The maximum atomic E-state index is 11.9. The number of amides is 1. The first kappa shape index (κ1) is 16.7. The number of aromatic nitrogens is 2. The molecule has 1 atom stereocenters. The normalized spacial score (nSPS) is 17.6. The van der Waals surface area contributed by atoms with Crippen molar-refractivity contribution in [2.75, 3.05) is 38.6 Å². The van der Waals surface area contributed by atoms with Crippen LogP contribution in [-0.2, 0) is 9.53 Å². The number of carbonyl (C=O) groups is 1. The van der Waals surface area contributed by atoms with Gasteiger partial charge < -0.3 is 10.1 Å². The molecule has 1 fully saturated rings. The second-order valence-electron chi connectivity index (χ2n) is 5.09. The number of aryl methyl sites for hydroxylation is 1. The monoisotopic (exact) mass is 330 g/mol. The summed E-state index contributed by atoms with van der Waals surface area (Å²) in [5.74, 6) is 0.457. The van der Waals surface area contributed by atoms with Crippen molar-refractivity contribution in [3.63, 3.8) is 0 Å². The number of morpholine rings is 1. The standard InChI is InChI=1S/C13H22N4O2S2/c1-10(3-4-17-5-7-19-8-6-17)14-12(18)9-20-13-16-15-11(2)21-13/h10H,3-9H2,1-2H3,(H,14,18). The highest BCUT2D eigenvalue weighted by molar-refractivity contribution is 8.01. The molecular weight excluding hydrogens is 308 g/mol. The van der Waals surface area contributed by atoms with E-state index in [1.807, 2.05) is 6.92 Å². The maximum Gasteiger partial charge on any atom is 0.230 e. The first-order valence-electron chi connectivity index (χ1n) is 7.16. The van der Waals surface area contributed by atoms with Crippen LogP contribution in [0.1, 0.15) is 18.4 Å². The van der Waals surface area contributed by atoms with E-state index in [2.05, 4.69) is 27.3 Å². The SMILES string of the molecule is Cc1nnc(SCC(=O)NC(C)CCN2CCOCC2)s1. The molecule has 118 valence electrons. The number of hydrogen-bond donors (Lipinski definition) is 1. The van der Waals surface area contributed by atoms with Crippen LogP contribution in [0.4, 0.5) is 0 Å². The van der Waals surface area contributed by atoms with Crippen molar-refractivity contribution in [2.24, 2.45) is 0 Å². The Bertz CT molecular complexity index is 449. The Kier molecular flexibility index (Phi) is 6.88. The second kappa shape index (κ2) is 8.67. The molecule has 8 heteroatoms. The molecule has 1 unspecified atom stereocenters. The number of nitrogens with zero attached hydrogens (tertiary/aromatic N) is 3. The first-order valence-corrected chi connectivity index (χ1v) is 8.96. The first-order chi connectivity index (χ1) is 10.1. The van der Waals surface area contributed by atoms with E-state index in [9.17, 15) is 4.79 Å². The lowest BCUT2D eigenvalue weighted by Crippen LogP contribution is -2.40. The Labute approximate surface area is 133 Å². The minimum absolute atomic E-state index is 0.0577. The molecular formula is C13H22N4O2S2. The number of nitrogens with one attached hydrogen (secondary N) is 1. The molecule has 1 aromatic heterocycles. The van der Waals surface area contributed by atoms with Crippen molar-refractivity contribution in [1.82, 2.24) is 20.4 Å². The fourth-order valence-corrected chi connectivity index (χ4v) is 3.68. The van der Waals surface area contributed by atoms with Gasteiger partial charge in [0.2, 0.25) is 5.91 Å². The molecule has 1 amide bonds. The molecule has 0 aromatic carbocycles. The van der Waals surface area contributed by atoms with Crippen LogP contribution in [-0.4, -0.2) is 65.6 Å². The summed E-state index contributed by atoms with van der Waals surface area (Å²) in [6.45, 7) is 8.60. The Morgan fingerprint density at radius 3 is 2.90 bits per heavy atom. The molecule has 6 nitrogen and oxygen atoms in total. The van der Waals surface area contributed by atoms with Gasteiger partial charge in [0.1, 0.15) is 5.01 Å². The van der Waals surface area contributed by atoms with E-state index in [-0.39, 0.29) is 11.9 Å². The third-order valence-electron chi connectivity index (χ3n) is 3.22. The van der Waals surface area contributed by atoms with E-state index in [0.717, 1.165) is 48.6 Å². The predicted molar refractivity (Wildman–Crippen MR) is 84.9 cm³/mol. The Hall–Kier alpha value is -0.700. The lowest BCUT2D eigenvalue weighted by Gasteiger charge is -2.27. The van der Waals surface area contributed by atoms with Crippen molar-refractivity contribution in [3.8, 4) is 0 Å². The van der Waals surface area contributed by atoms with Crippen LogP contribution in [0.3, 0.4) is 0 Å². The Balaban J connectivity index is 1.60. The summed E-state index contributed by atoms with van der Waals surface area (Å²) < 4.78 is 6.17. The van der Waals surface area contributed by atoms with Crippen molar-refractivity contribution < 1.29 is 9.53 Å². The summed E-state index contributed by atoms with van der Waals surface area (Å²) in [4.78, 5) is 14.3. The summed E-state index contributed by atoms with van der Waals surface area (Å²) in [5.41, 5.74) is 0. The molecule has 21 heavy (non-hydrogen) atoms. The van der Waals surface area contributed by atoms with Crippen LogP contribution in [0.25, 0.3) is 0 Å². The quantitative estimate of drug-likeness (QED) is 0.757. The zero-order chi connectivity index (χ0) is 15.1. The molecule has 1 aliphatic rings. The van der Waals surface area contributed by atoms with Gasteiger partial charge in [-0.05, 0) is 20.3 Å². The van der Waals surface area contributed by atoms with Gasteiger partial charge in [0, 0.05) is 25.7 Å². The summed E-state index contributed by atoms with van der Waals surface area (Å²) in [6.07, 6.45) is 0.967. The Morgan fingerprint density at radius 1 is 1.48 bits per heavy atom. The lowest BCUT2D eigenvalue weighted by molar-refractivity contribution is -0.119. The molecule has 0 radical (unpaired) electrons. The third kappa shape index (κ3) is 6.29. The highest BCUT2D eigenvalue weighted by Gasteiger charge is 2.13. The van der Waals surface area contributed by atoms with E-state index < -0.39 is 0 Å². The van der Waals surface area contributed by atoms with E-state index in [1.54, 1.807) is 0 Å². The van der Waals surface area contributed by atoms with Crippen molar-refractivity contribution in [1.29, 1.82) is 0 Å². The molecule has 1 saturated heterocycles. The fourth-order valence-electron chi connectivity index (χ4n) is 2.05. The van der Waals surface area contributed by atoms with Crippen LogP contribution in [0.5, 0.6) is 0 Å². The zero-order valence-corrected chi connectivity index (χ0v) is 14.1. The highest BCUT2D eigenvalue weighted by Crippen LogP contribution is 2.21. The van der Waals surface area contributed by atoms with Gasteiger partial charge in [-0.2, -0.15) is 0 Å². The number of thioether (sulfide) groups is 1. The minimum Gasteiger partial charge on any atom is -0.379 e. The molecule has 0 saturated carbocycles. The van der Waals surface area contributed by atoms with E-state index in [0.29, 0.717) is 5.75 Å². The Morgan fingerprint density at radius 2 is 2.24 bits per heavy atom. The zero-order valence-electron chi connectivity index (χ0n) is 12.5. The second-order valence-corrected chi connectivity index (χ2v) is 7.49. The van der Waals surface area contributed by atoms with Crippen molar-refractivity contribution >= 4 is 29.0 Å². The maximum absolute atomic E-state index is 11.9. The largest absolute Gasteiger partial charge is 0.379 e. The van der Waals surface area contributed by atoms with Gasteiger partial charge in [-0.25, -0.2) is 0 Å². The van der Waals surface area contributed by atoms with Gasteiger partial charge in [-0.1, -0.05) is 23.1 Å². The summed E-state index contributed by atoms with van der Waals surface area (Å²) >= 11 is 2.96. The number of hydrogen-bond acceptors (Lipinski definition) is 7. The van der Waals surface area contributed by atoms with Gasteiger partial charge in [-0.3, -0.25) is 9.69 Å². The summed E-state index contributed by atoms with van der Waals surface area (Å²) in [7, 11) is 0. The van der Waals surface area contributed by atoms with Crippen LogP contribution >= 0.6 is 23.1 Å². The highest BCUT2D eigenvalue weighted by atomic mass is 32.2. The van der Waals surface area contributed by atoms with Crippen LogP contribution < -0.4 is 5.32 Å². The van der Waals surface area contributed by atoms with Crippen molar-refractivity contribution in [3.05, 3.63) is 5.01 Å². The molecule has 2 heterocycles. The topological polar surface area (TPSA) is 67.4 Å². The molecule has 0 bridgehead atoms. The molecule has 0 aliphatic carbocycles. The number of rotatable bonds is 7. The van der Waals surface area contributed by atoms with Crippen molar-refractivity contribution in [2.45, 2.75) is 30.6 Å². The minimum atomic E-state index is 0.0577. The molecule has 1 N–H and O–H groups in total. The van der Waals surface area contributed by atoms with Gasteiger partial charge in [0.25, 0.3) is 0 Å². The molecule has 1 aromatic rings. The average molecular weight is 330 g/mol. The fraction of sp³-hybridized carbons (Fsp3) is 0.769. The summed E-state index contributed by atoms with van der Waals surface area (Å²) in [6, 6.07) is 0.192. The van der Waals surface area contributed by atoms with Crippen LogP contribution in [0, 0.1) is 6.92 Å². The molecule has 2 rings (SSSR count).